The van der Waals surface area contributed by atoms with Gasteiger partial charge in [-0.1, -0.05) is 12.1 Å². The molecule has 0 aliphatic carbocycles. The van der Waals surface area contributed by atoms with Crippen LogP contribution >= 0.6 is 0 Å². The van der Waals surface area contributed by atoms with Gasteiger partial charge in [-0.25, -0.2) is 22.4 Å². The van der Waals surface area contributed by atoms with Crippen molar-refractivity contribution in [2.75, 3.05) is 26.2 Å². The number of carboxylic acid groups (broad SMARTS) is 2. The maximum absolute atomic E-state index is 13.0. The van der Waals surface area contributed by atoms with Gasteiger partial charge in [-0.15, -0.1) is 0 Å². The van der Waals surface area contributed by atoms with Gasteiger partial charge in [0.2, 0.25) is 10.0 Å². The Morgan fingerprint density at radius 3 is 2.06 bits per heavy atom. The van der Waals surface area contributed by atoms with Gasteiger partial charge in [0.25, 0.3) is 5.69 Å². The summed E-state index contributed by atoms with van der Waals surface area (Å²) in [5, 5.41) is 25.6. The monoisotopic (exact) mass is 469 g/mol. The molecule has 1 saturated heterocycles. The Morgan fingerprint density at radius 2 is 1.56 bits per heavy atom. The number of carboxylic acids is 2. The Kier molecular flexibility index (Phi) is 8.34. The average Bonchev–Trinajstić information content (AvgIpc) is 2.75. The molecule has 11 nitrogen and oxygen atoms in total. The number of piperazine rings is 1. The van der Waals surface area contributed by atoms with Crippen molar-refractivity contribution >= 4 is 27.6 Å². The summed E-state index contributed by atoms with van der Waals surface area (Å²) in [5.74, 6) is -4.13. The molecule has 32 heavy (non-hydrogen) atoms. The highest BCUT2D eigenvalue weighted by molar-refractivity contribution is 7.89. The van der Waals surface area contributed by atoms with E-state index in [1.54, 1.807) is 6.07 Å². The Hall–Kier alpha value is -3.42. The van der Waals surface area contributed by atoms with Crippen LogP contribution < -0.4 is 0 Å². The van der Waals surface area contributed by atoms with Crippen LogP contribution in [0.5, 0.6) is 0 Å². The molecule has 0 radical (unpaired) electrons. The SMILES string of the molecule is O=C(O)C(=O)O.O=[N+]([O-])c1cccc(CN2CCN(S(=O)(=O)c3ccc(F)cc3)CC2)c1. The first kappa shape index (κ1) is 24.8. The molecule has 1 aliphatic rings. The van der Waals surface area contributed by atoms with Crippen molar-refractivity contribution in [3.05, 3.63) is 70.0 Å². The molecule has 2 aromatic carbocycles. The van der Waals surface area contributed by atoms with Crippen LogP contribution in [0.1, 0.15) is 5.56 Å². The lowest BCUT2D eigenvalue weighted by Gasteiger charge is -2.34. The molecule has 0 bridgehead atoms. The number of hydrogen-bond acceptors (Lipinski definition) is 7. The van der Waals surface area contributed by atoms with Crippen LogP contribution in [0.25, 0.3) is 0 Å². The second-order valence-corrected chi connectivity index (χ2v) is 8.61. The van der Waals surface area contributed by atoms with E-state index in [0.29, 0.717) is 32.7 Å². The summed E-state index contributed by atoms with van der Waals surface area (Å²) in [7, 11) is -3.64. The van der Waals surface area contributed by atoms with Gasteiger partial charge in [0.15, 0.2) is 0 Å². The van der Waals surface area contributed by atoms with Crippen molar-refractivity contribution in [1.82, 2.24) is 9.21 Å². The number of nitro benzene ring substituents is 1. The summed E-state index contributed by atoms with van der Waals surface area (Å²) in [5.41, 5.74) is 0.856. The van der Waals surface area contributed by atoms with Crippen LogP contribution in [0.2, 0.25) is 0 Å². The third-order valence-electron chi connectivity index (χ3n) is 4.49. The lowest BCUT2D eigenvalue weighted by molar-refractivity contribution is -0.384. The molecule has 0 spiro atoms. The minimum Gasteiger partial charge on any atom is -0.473 e. The van der Waals surface area contributed by atoms with E-state index >= 15 is 0 Å². The molecular formula is C19H20FN3O8S. The van der Waals surface area contributed by atoms with Crippen molar-refractivity contribution in [1.29, 1.82) is 0 Å². The number of carbonyl (C=O) groups is 2. The summed E-state index contributed by atoms with van der Waals surface area (Å²) in [6.07, 6.45) is 0. The zero-order valence-electron chi connectivity index (χ0n) is 16.6. The Labute approximate surface area is 182 Å². The highest BCUT2D eigenvalue weighted by Gasteiger charge is 2.28. The van der Waals surface area contributed by atoms with E-state index in [4.69, 9.17) is 19.8 Å². The number of non-ortho nitro benzene ring substituents is 1. The Balaban J connectivity index is 0.000000534. The standard InChI is InChI=1S/C17H18FN3O4S.C2H2O4/c18-15-4-6-17(7-5-15)26(24,25)20-10-8-19(9-11-20)13-14-2-1-3-16(12-14)21(22)23;3-1(4)2(5)6/h1-7,12H,8-11,13H2;(H,3,4)(H,5,6). The van der Waals surface area contributed by atoms with Crippen LogP contribution in [0.3, 0.4) is 0 Å². The third-order valence-corrected chi connectivity index (χ3v) is 6.41. The summed E-state index contributed by atoms with van der Waals surface area (Å²) in [4.78, 5) is 30.7. The van der Waals surface area contributed by atoms with Crippen molar-refractivity contribution in [2.45, 2.75) is 11.4 Å². The molecule has 0 unspecified atom stereocenters. The summed E-state index contributed by atoms with van der Waals surface area (Å²) in [6, 6.07) is 11.2. The minimum absolute atomic E-state index is 0.0417. The molecule has 13 heteroatoms. The molecule has 0 aromatic heterocycles. The molecule has 3 rings (SSSR count). The fourth-order valence-electron chi connectivity index (χ4n) is 2.91. The van der Waals surface area contributed by atoms with Crippen molar-refractivity contribution in [2.24, 2.45) is 0 Å². The molecule has 0 amide bonds. The first-order valence-corrected chi connectivity index (χ1v) is 10.6. The van der Waals surface area contributed by atoms with Gasteiger partial charge >= 0.3 is 11.9 Å². The number of nitrogens with zero attached hydrogens (tertiary/aromatic N) is 3. The van der Waals surface area contributed by atoms with Crippen molar-refractivity contribution in [3.8, 4) is 0 Å². The van der Waals surface area contributed by atoms with E-state index in [2.05, 4.69) is 4.90 Å². The maximum Gasteiger partial charge on any atom is 0.414 e. The van der Waals surface area contributed by atoms with E-state index in [9.17, 15) is 22.9 Å². The molecule has 2 aromatic rings. The smallest absolute Gasteiger partial charge is 0.414 e. The second kappa shape index (κ2) is 10.7. The van der Waals surface area contributed by atoms with E-state index in [0.717, 1.165) is 17.7 Å². The van der Waals surface area contributed by atoms with Gasteiger partial charge in [-0.2, -0.15) is 4.31 Å². The maximum atomic E-state index is 13.0. The lowest BCUT2D eigenvalue weighted by atomic mass is 10.2. The van der Waals surface area contributed by atoms with E-state index in [1.165, 1.54) is 28.6 Å². The van der Waals surface area contributed by atoms with Crippen LogP contribution in [-0.2, 0) is 26.2 Å². The van der Waals surface area contributed by atoms with E-state index < -0.39 is 32.7 Å². The predicted octanol–water partition coefficient (Wildman–Crippen LogP) is 1.40. The number of benzene rings is 2. The first-order valence-electron chi connectivity index (χ1n) is 9.18. The largest absolute Gasteiger partial charge is 0.473 e. The van der Waals surface area contributed by atoms with Gasteiger partial charge in [0.1, 0.15) is 5.82 Å². The molecular weight excluding hydrogens is 449 g/mol. The van der Waals surface area contributed by atoms with Crippen LogP contribution in [-0.4, -0.2) is 70.9 Å². The molecule has 1 aliphatic heterocycles. The number of aliphatic carboxylic acids is 2. The lowest BCUT2D eigenvalue weighted by Crippen LogP contribution is -2.48. The average molecular weight is 469 g/mol. The Morgan fingerprint density at radius 1 is 1.00 bits per heavy atom. The highest BCUT2D eigenvalue weighted by atomic mass is 32.2. The van der Waals surface area contributed by atoms with Crippen LogP contribution in [0.15, 0.2) is 53.4 Å². The topological polar surface area (TPSA) is 158 Å². The summed E-state index contributed by atoms with van der Waals surface area (Å²) in [6.45, 7) is 2.18. The van der Waals surface area contributed by atoms with Crippen molar-refractivity contribution < 1.29 is 37.5 Å². The summed E-state index contributed by atoms with van der Waals surface area (Å²) >= 11 is 0. The number of sulfonamides is 1. The fourth-order valence-corrected chi connectivity index (χ4v) is 4.33. The van der Waals surface area contributed by atoms with Gasteiger partial charge in [-0.3, -0.25) is 15.0 Å². The first-order chi connectivity index (χ1) is 15.0. The van der Waals surface area contributed by atoms with Gasteiger partial charge in [0.05, 0.1) is 9.82 Å². The normalized spacial score (nSPS) is 14.8. The Bertz CT molecular complexity index is 1070. The van der Waals surface area contributed by atoms with E-state index in [1.807, 2.05) is 6.07 Å². The molecule has 0 atom stereocenters. The minimum atomic E-state index is -3.64. The molecule has 1 fully saturated rings. The van der Waals surface area contributed by atoms with Crippen LogP contribution in [0.4, 0.5) is 10.1 Å². The second-order valence-electron chi connectivity index (χ2n) is 6.67. The predicted molar refractivity (Wildman–Crippen MR) is 109 cm³/mol. The number of hydrogen-bond donors (Lipinski definition) is 2. The van der Waals surface area contributed by atoms with Crippen molar-refractivity contribution in [3.63, 3.8) is 0 Å². The molecule has 0 saturated carbocycles. The zero-order valence-corrected chi connectivity index (χ0v) is 17.4. The third kappa shape index (κ3) is 6.80. The quantitative estimate of drug-likeness (QED) is 0.375. The van der Waals surface area contributed by atoms with Gasteiger partial charge < -0.3 is 10.2 Å². The highest BCUT2D eigenvalue weighted by Crippen LogP contribution is 2.20. The molecule has 172 valence electrons. The summed E-state index contributed by atoms with van der Waals surface area (Å²) < 4.78 is 39.6. The number of rotatable bonds is 5. The van der Waals surface area contributed by atoms with Gasteiger partial charge in [0, 0.05) is 44.9 Å². The fraction of sp³-hybridized carbons (Fsp3) is 0.263. The number of nitro groups is 1. The van der Waals surface area contributed by atoms with Gasteiger partial charge in [-0.05, 0) is 29.8 Å². The van der Waals surface area contributed by atoms with E-state index in [-0.39, 0.29) is 10.6 Å². The zero-order chi connectivity index (χ0) is 23.9. The number of halogens is 1. The molecule has 2 N–H and O–H groups in total. The van der Waals surface area contributed by atoms with Crippen LogP contribution in [0, 0.1) is 15.9 Å². The molecule has 1 heterocycles.